The van der Waals surface area contributed by atoms with Gasteiger partial charge in [0, 0.05) is 18.7 Å². The van der Waals surface area contributed by atoms with Gasteiger partial charge < -0.3 is 4.84 Å². The SMILES string of the molecule is CC1(CCCl)CC(S(=O)(=O)Cc2ccccc2)=NO1. The third-order valence-electron chi connectivity index (χ3n) is 3.07. The Morgan fingerprint density at radius 3 is 2.68 bits per heavy atom. The van der Waals surface area contributed by atoms with Crippen molar-refractivity contribution >= 4 is 26.5 Å². The molecule has 1 aliphatic rings. The van der Waals surface area contributed by atoms with Crippen LogP contribution in [0.1, 0.15) is 25.3 Å². The van der Waals surface area contributed by atoms with Crippen molar-refractivity contribution in [2.75, 3.05) is 5.88 Å². The van der Waals surface area contributed by atoms with E-state index in [0.29, 0.717) is 12.3 Å². The molecule has 1 unspecified atom stereocenters. The van der Waals surface area contributed by atoms with Crippen molar-refractivity contribution < 1.29 is 13.3 Å². The Morgan fingerprint density at radius 1 is 1.37 bits per heavy atom. The van der Waals surface area contributed by atoms with Crippen molar-refractivity contribution in [3.63, 3.8) is 0 Å². The number of alkyl halides is 1. The van der Waals surface area contributed by atoms with E-state index in [1.165, 1.54) is 0 Å². The molecule has 0 N–H and O–H groups in total. The average Bonchev–Trinajstić information content (AvgIpc) is 2.74. The molecule has 1 heterocycles. The third-order valence-corrected chi connectivity index (χ3v) is 4.91. The minimum Gasteiger partial charge on any atom is -0.388 e. The Morgan fingerprint density at radius 2 is 2.05 bits per heavy atom. The molecule has 0 amide bonds. The summed E-state index contributed by atoms with van der Waals surface area (Å²) in [4.78, 5) is 5.24. The van der Waals surface area contributed by atoms with Gasteiger partial charge in [-0.25, -0.2) is 8.42 Å². The fourth-order valence-electron chi connectivity index (χ4n) is 1.92. The van der Waals surface area contributed by atoms with E-state index in [9.17, 15) is 8.42 Å². The van der Waals surface area contributed by atoms with Crippen molar-refractivity contribution in [3.8, 4) is 0 Å². The van der Waals surface area contributed by atoms with E-state index in [1.54, 1.807) is 12.1 Å². The molecule has 1 aliphatic heterocycles. The third kappa shape index (κ3) is 3.48. The first-order chi connectivity index (χ1) is 8.95. The average molecular weight is 302 g/mol. The van der Waals surface area contributed by atoms with Crippen LogP contribution in [0.25, 0.3) is 0 Å². The van der Waals surface area contributed by atoms with Crippen LogP contribution in [0.3, 0.4) is 0 Å². The number of halogens is 1. The van der Waals surface area contributed by atoms with E-state index < -0.39 is 15.4 Å². The number of benzene rings is 1. The maximum absolute atomic E-state index is 12.3. The van der Waals surface area contributed by atoms with Crippen LogP contribution in [0, 0.1) is 0 Å². The van der Waals surface area contributed by atoms with Crippen LogP contribution in [-0.4, -0.2) is 24.9 Å². The van der Waals surface area contributed by atoms with Crippen LogP contribution < -0.4 is 0 Å². The van der Waals surface area contributed by atoms with Gasteiger partial charge in [-0.05, 0) is 12.5 Å². The molecule has 6 heteroatoms. The van der Waals surface area contributed by atoms with Crippen molar-refractivity contribution in [1.29, 1.82) is 0 Å². The van der Waals surface area contributed by atoms with E-state index in [1.807, 2.05) is 25.1 Å². The molecule has 1 atom stereocenters. The molecule has 0 bridgehead atoms. The number of oxime groups is 1. The Kier molecular flexibility index (Phi) is 4.16. The predicted octanol–water partition coefficient (Wildman–Crippen LogP) is 2.72. The van der Waals surface area contributed by atoms with E-state index in [2.05, 4.69) is 5.16 Å². The molecule has 0 radical (unpaired) electrons. The van der Waals surface area contributed by atoms with E-state index >= 15 is 0 Å². The second-order valence-corrected chi connectivity index (χ2v) is 7.25. The summed E-state index contributed by atoms with van der Waals surface area (Å²) in [6.45, 7) is 1.82. The monoisotopic (exact) mass is 301 g/mol. The first-order valence-electron chi connectivity index (χ1n) is 6.03. The lowest BCUT2D eigenvalue weighted by molar-refractivity contribution is -0.00536. The fourth-order valence-corrected chi connectivity index (χ4v) is 3.80. The lowest BCUT2D eigenvalue weighted by Crippen LogP contribution is -2.27. The maximum Gasteiger partial charge on any atom is 0.199 e. The van der Waals surface area contributed by atoms with Crippen LogP contribution in [0.5, 0.6) is 0 Å². The fraction of sp³-hybridized carbons (Fsp3) is 0.462. The summed E-state index contributed by atoms with van der Waals surface area (Å²) in [5, 5.41) is 3.86. The molecular formula is C13H16ClNO3S. The second kappa shape index (κ2) is 5.51. The molecule has 1 aromatic carbocycles. The van der Waals surface area contributed by atoms with Gasteiger partial charge in [-0.2, -0.15) is 0 Å². The van der Waals surface area contributed by atoms with Crippen LogP contribution in [-0.2, 0) is 20.4 Å². The van der Waals surface area contributed by atoms with E-state index in [-0.39, 0.29) is 17.2 Å². The molecular weight excluding hydrogens is 286 g/mol. The van der Waals surface area contributed by atoms with Gasteiger partial charge in [-0.3, -0.25) is 0 Å². The molecule has 0 aromatic heterocycles. The Bertz CT molecular complexity index is 571. The topological polar surface area (TPSA) is 55.7 Å². The van der Waals surface area contributed by atoms with E-state index in [0.717, 1.165) is 5.56 Å². The normalized spacial score (nSPS) is 22.9. The standard InChI is InChI=1S/C13H16ClNO3S/c1-13(7-8-14)9-12(15-18-13)19(16,17)10-11-5-3-2-4-6-11/h2-6H,7-10H2,1H3. The highest BCUT2D eigenvalue weighted by molar-refractivity contribution is 8.05. The molecule has 0 aliphatic carbocycles. The largest absolute Gasteiger partial charge is 0.388 e. The number of sulfone groups is 1. The zero-order valence-electron chi connectivity index (χ0n) is 10.7. The quantitative estimate of drug-likeness (QED) is 0.804. The molecule has 2 rings (SSSR count). The Labute approximate surface area is 118 Å². The molecule has 104 valence electrons. The van der Waals surface area contributed by atoms with Crippen LogP contribution in [0.4, 0.5) is 0 Å². The predicted molar refractivity (Wildman–Crippen MR) is 75.9 cm³/mol. The van der Waals surface area contributed by atoms with Gasteiger partial charge >= 0.3 is 0 Å². The van der Waals surface area contributed by atoms with Gasteiger partial charge in [0.15, 0.2) is 14.9 Å². The molecule has 0 spiro atoms. The summed E-state index contributed by atoms with van der Waals surface area (Å²) < 4.78 is 24.5. The van der Waals surface area contributed by atoms with Crippen LogP contribution in [0.15, 0.2) is 35.5 Å². The molecule has 0 saturated carbocycles. The van der Waals surface area contributed by atoms with Crippen molar-refractivity contribution in [1.82, 2.24) is 0 Å². The second-order valence-electron chi connectivity index (χ2n) is 4.89. The van der Waals surface area contributed by atoms with Gasteiger partial charge in [-0.1, -0.05) is 35.5 Å². The summed E-state index contributed by atoms with van der Waals surface area (Å²) in [5.74, 6) is 0.366. The summed E-state index contributed by atoms with van der Waals surface area (Å²) in [7, 11) is -3.42. The van der Waals surface area contributed by atoms with Crippen LogP contribution >= 0.6 is 11.6 Å². The van der Waals surface area contributed by atoms with Gasteiger partial charge in [0.2, 0.25) is 0 Å². The number of hydrogen-bond acceptors (Lipinski definition) is 4. The van der Waals surface area contributed by atoms with Crippen molar-refractivity contribution in [2.24, 2.45) is 5.16 Å². The highest BCUT2D eigenvalue weighted by atomic mass is 35.5. The van der Waals surface area contributed by atoms with Gasteiger partial charge in [0.05, 0.1) is 5.75 Å². The zero-order valence-corrected chi connectivity index (χ0v) is 12.2. The lowest BCUT2D eigenvalue weighted by atomic mass is 10.0. The van der Waals surface area contributed by atoms with Crippen LogP contribution in [0.2, 0.25) is 0 Å². The van der Waals surface area contributed by atoms with Gasteiger partial charge in [-0.15, -0.1) is 11.6 Å². The number of nitrogens with zero attached hydrogens (tertiary/aromatic N) is 1. The Balaban J connectivity index is 2.10. The highest BCUT2D eigenvalue weighted by Crippen LogP contribution is 2.30. The first kappa shape index (κ1) is 14.3. The van der Waals surface area contributed by atoms with E-state index in [4.69, 9.17) is 16.4 Å². The number of hydrogen-bond donors (Lipinski definition) is 0. The minimum absolute atomic E-state index is 0.0486. The lowest BCUT2D eigenvalue weighted by Gasteiger charge is -2.19. The summed E-state index contributed by atoms with van der Waals surface area (Å²) in [6.07, 6.45) is 0.858. The summed E-state index contributed by atoms with van der Waals surface area (Å²) in [5.41, 5.74) is 0.150. The Hall–Kier alpha value is -1.07. The minimum atomic E-state index is -3.42. The first-order valence-corrected chi connectivity index (χ1v) is 8.22. The van der Waals surface area contributed by atoms with Crippen molar-refractivity contribution in [2.45, 2.75) is 31.1 Å². The molecule has 19 heavy (non-hydrogen) atoms. The maximum atomic E-state index is 12.3. The van der Waals surface area contributed by atoms with Gasteiger partial charge in [0.25, 0.3) is 0 Å². The van der Waals surface area contributed by atoms with Gasteiger partial charge in [0.1, 0.15) is 5.60 Å². The van der Waals surface area contributed by atoms with Crippen molar-refractivity contribution in [3.05, 3.63) is 35.9 Å². The smallest absolute Gasteiger partial charge is 0.199 e. The number of rotatable bonds is 4. The molecule has 0 saturated heterocycles. The summed E-state index contributed by atoms with van der Waals surface area (Å²) in [6, 6.07) is 9.05. The molecule has 0 fully saturated rings. The highest BCUT2D eigenvalue weighted by Gasteiger charge is 2.39. The molecule has 1 aromatic rings. The zero-order chi connectivity index (χ0) is 13.9. The summed E-state index contributed by atoms with van der Waals surface area (Å²) >= 11 is 5.68. The molecule has 4 nitrogen and oxygen atoms in total.